The van der Waals surface area contributed by atoms with E-state index in [0.717, 1.165) is 51.4 Å². The summed E-state index contributed by atoms with van der Waals surface area (Å²) in [6, 6.07) is -0.627. The molecule has 524 valence electrons. The van der Waals surface area contributed by atoms with Gasteiger partial charge in [0.1, 0.15) is 0 Å². The van der Waals surface area contributed by atoms with Gasteiger partial charge in [-0.15, -0.1) is 0 Å². The Hall–Kier alpha value is -2.18. The minimum Gasteiger partial charge on any atom is -0.466 e. The van der Waals surface area contributed by atoms with Crippen molar-refractivity contribution in [1.82, 2.24) is 5.32 Å². The second-order valence-electron chi connectivity index (χ2n) is 27.7. The van der Waals surface area contributed by atoms with Crippen LogP contribution in [0.1, 0.15) is 444 Å². The van der Waals surface area contributed by atoms with Crippen molar-refractivity contribution >= 4 is 11.9 Å². The van der Waals surface area contributed by atoms with Crippen LogP contribution in [0.3, 0.4) is 0 Å². The van der Waals surface area contributed by atoms with Gasteiger partial charge in [0, 0.05) is 12.8 Å². The lowest BCUT2D eigenvalue weighted by molar-refractivity contribution is -0.143. The molecule has 0 spiro atoms. The predicted octanol–water partition coefficient (Wildman–Crippen LogP) is 26.8. The van der Waals surface area contributed by atoms with Crippen LogP contribution in [-0.4, -0.2) is 47.4 Å². The summed E-state index contributed by atoms with van der Waals surface area (Å²) in [5.74, 6) is -0.0499. The molecule has 0 aliphatic heterocycles. The molecule has 0 radical (unpaired) electrons. The Balaban J connectivity index is 3.38. The highest BCUT2D eigenvalue weighted by Crippen LogP contribution is 2.19. The quantitative estimate of drug-likeness (QED) is 0.0320. The summed E-state index contributed by atoms with van der Waals surface area (Å²) >= 11 is 0. The first-order chi connectivity index (χ1) is 44.0. The average molecular weight is 1250 g/mol. The number of carbonyl (C=O) groups excluding carboxylic acids is 2. The minimum atomic E-state index is -0.844. The zero-order valence-corrected chi connectivity index (χ0v) is 60.2. The molecule has 89 heavy (non-hydrogen) atoms. The third-order valence-corrected chi connectivity index (χ3v) is 18.8. The molecule has 0 fully saturated rings. The Kier molecular flexibility index (Phi) is 76.3. The number of nitrogens with one attached hydrogen (secondary N) is 1. The summed E-state index contributed by atoms with van der Waals surface area (Å²) in [6.45, 7) is 4.94. The summed E-state index contributed by atoms with van der Waals surface area (Å²) in [7, 11) is 0. The molecule has 0 aliphatic rings. The SMILES string of the molecule is CCCCCCCCC/C=C\CCCCCCCC(=O)OCCCCCCCCCCCCCCC/C=C\C/C=C\CCCCCCCCCCCCCCCCCCCC(=O)NC(CO)C(O)/C=C/CCCCCCCCCCCCCCCCCCC. The highest BCUT2D eigenvalue weighted by atomic mass is 16.5. The maximum Gasteiger partial charge on any atom is 0.305 e. The second kappa shape index (κ2) is 78.3. The van der Waals surface area contributed by atoms with Crippen molar-refractivity contribution in [3.8, 4) is 0 Å². The van der Waals surface area contributed by atoms with Crippen LogP contribution in [0.4, 0.5) is 0 Å². The van der Waals surface area contributed by atoms with Crippen molar-refractivity contribution in [3.63, 3.8) is 0 Å². The highest BCUT2D eigenvalue weighted by molar-refractivity contribution is 5.76. The van der Waals surface area contributed by atoms with E-state index < -0.39 is 12.1 Å². The van der Waals surface area contributed by atoms with Crippen molar-refractivity contribution in [1.29, 1.82) is 0 Å². The van der Waals surface area contributed by atoms with Crippen molar-refractivity contribution in [2.75, 3.05) is 13.2 Å². The van der Waals surface area contributed by atoms with Gasteiger partial charge in [-0.2, -0.15) is 0 Å². The molecule has 0 aromatic heterocycles. The zero-order valence-electron chi connectivity index (χ0n) is 60.2. The maximum absolute atomic E-state index is 12.5. The van der Waals surface area contributed by atoms with Crippen molar-refractivity contribution < 1.29 is 24.5 Å². The molecule has 0 aromatic rings. The molecule has 6 heteroatoms. The largest absolute Gasteiger partial charge is 0.466 e. The fourth-order valence-electron chi connectivity index (χ4n) is 12.7. The number of ether oxygens (including phenoxy) is 1. The third-order valence-electron chi connectivity index (χ3n) is 18.8. The number of aliphatic hydroxyl groups is 2. The monoisotopic (exact) mass is 1250 g/mol. The van der Waals surface area contributed by atoms with Crippen LogP contribution in [0.5, 0.6) is 0 Å². The molecule has 0 heterocycles. The normalized spacial score (nSPS) is 12.7. The van der Waals surface area contributed by atoms with E-state index in [-0.39, 0.29) is 18.5 Å². The van der Waals surface area contributed by atoms with Gasteiger partial charge >= 0.3 is 5.97 Å². The van der Waals surface area contributed by atoms with E-state index in [9.17, 15) is 19.8 Å². The van der Waals surface area contributed by atoms with Crippen LogP contribution in [0.15, 0.2) is 48.6 Å². The molecule has 1 amide bonds. The van der Waals surface area contributed by atoms with E-state index in [1.807, 2.05) is 6.08 Å². The standard InChI is InChI=1S/C83H157NO5/c1-3-5-7-9-11-13-15-17-19-21-41-44-47-51-55-59-63-67-71-75-81(86)80(79-85)84-82(87)76-72-68-64-60-56-52-48-45-42-39-37-35-33-31-29-27-25-23-22-24-26-28-30-32-34-36-38-40-43-46-50-54-58-62-66-70-74-78-89-83(88)77-73-69-65-61-57-53-49-20-18-16-14-12-10-8-6-4-2/h20,22,24,28,30,49,71,75,80-81,85-86H,3-19,21,23,25-27,29,31-48,50-70,72-74,76-79H2,1-2H3,(H,84,87)/b24-22-,30-28-,49-20-,75-71+. The average Bonchev–Trinajstić information content (AvgIpc) is 3.64. The van der Waals surface area contributed by atoms with Gasteiger partial charge in [-0.25, -0.2) is 0 Å². The Morgan fingerprint density at radius 1 is 0.315 bits per heavy atom. The minimum absolute atomic E-state index is 0.0117. The van der Waals surface area contributed by atoms with Crippen LogP contribution in [0.25, 0.3) is 0 Å². The summed E-state index contributed by atoms with van der Waals surface area (Å²) in [5, 5.41) is 23.3. The lowest BCUT2D eigenvalue weighted by atomic mass is 10.0. The smallest absolute Gasteiger partial charge is 0.305 e. The molecule has 6 nitrogen and oxygen atoms in total. The van der Waals surface area contributed by atoms with E-state index in [2.05, 4.69) is 55.6 Å². The fourth-order valence-corrected chi connectivity index (χ4v) is 12.7. The zero-order chi connectivity index (χ0) is 64.2. The van der Waals surface area contributed by atoms with Gasteiger partial charge in [0.2, 0.25) is 5.91 Å². The second-order valence-corrected chi connectivity index (χ2v) is 27.7. The number of hydrogen-bond acceptors (Lipinski definition) is 5. The number of hydrogen-bond donors (Lipinski definition) is 3. The Morgan fingerprint density at radius 2 is 0.562 bits per heavy atom. The van der Waals surface area contributed by atoms with Crippen LogP contribution >= 0.6 is 0 Å². The van der Waals surface area contributed by atoms with Gasteiger partial charge in [-0.1, -0.05) is 390 Å². The number of unbranched alkanes of at least 4 members (excludes halogenated alkanes) is 59. The molecule has 0 saturated carbocycles. The molecule has 0 rings (SSSR count). The molecule has 2 atom stereocenters. The van der Waals surface area contributed by atoms with Crippen molar-refractivity contribution in [2.24, 2.45) is 0 Å². The number of amides is 1. The number of esters is 1. The van der Waals surface area contributed by atoms with Gasteiger partial charge in [0.25, 0.3) is 0 Å². The Bertz CT molecular complexity index is 1490. The molecule has 0 aromatic carbocycles. The van der Waals surface area contributed by atoms with Crippen LogP contribution in [0.2, 0.25) is 0 Å². The summed E-state index contributed by atoms with van der Waals surface area (Å²) in [6.07, 6.45) is 104. The van der Waals surface area contributed by atoms with Crippen molar-refractivity contribution in [3.05, 3.63) is 48.6 Å². The maximum atomic E-state index is 12.5. The van der Waals surface area contributed by atoms with E-state index in [1.165, 1.54) is 366 Å². The van der Waals surface area contributed by atoms with Crippen LogP contribution in [-0.2, 0) is 14.3 Å². The fraction of sp³-hybridized carbons (Fsp3) is 0.880. The van der Waals surface area contributed by atoms with Gasteiger partial charge in [0.05, 0.1) is 25.4 Å². The van der Waals surface area contributed by atoms with E-state index in [4.69, 9.17) is 4.74 Å². The lowest BCUT2D eigenvalue weighted by Crippen LogP contribution is -2.45. The first-order valence-electron chi connectivity index (χ1n) is 40.4. The number of carbonyl (C=O) groups is 2. The van der Waals surface area contributed by atoms with E-state index >= 15 is 0 Å². The molecular weight excluding hydrogens is 1090 g/mol. The van der Waals surface area contributed by atoms with E-state index in [0.29, 0.717) is 19.4 Å². The molecule has 2 unspecified atom stereocenters. The van der Waals surface area contributed by atoms with Gasteiger partial charge in [0.15, 0.2) is 0 Å². The summed E-state index contributed by atoms with van der Waals surface area (Å²) in [5.41, 5.74) is 0. The number of allylic oxidation sites excluding steroid dienone is 7. The summed E-state index contributed by atoms with van der Waals surface area (Å²) in [4.78, 5) is 24.6. The molecule has 0 saturated heterocycles. The van der Waals surface area contributed by atoms with Gasteiger partial charge in [-0.05, 0) is 89.9 Å². The molecule has 0 bridgehead atoms. The van der Waals surface area contributed by atoms with Crippen molar-refractivity contribution in [2.45, 2.75) is 456 Å². The lowest BCUT2D eigenvalue weighted by Gasteiger charge is -2.20. The molecule has 0 aliphatic carbocycles. The topological polar surface area (TPSA) is 95.9 Å². The first-order valence-corrected chi connectivity index (χ1v) is 40.4. The van der Waals surface area contributed by atoms with Crippen LogP contribution < -0.4 is 5.32 Å². The van der Waals surface area contributed by atoms with E-state index in [1.54, 1.807) is 6.08 Å². The third kappa shape index (κ3) is 74.7. The molecule has 3 N–H and O–H groups in total. The highest BCUT2D eigenvalue weighted by Gasteiger charge is 2.18. The summed E-state index contributed by atoms with van der Waals surface area (Å²) < 4.78 is 5.50. The Morgan fingerprint density at radius 3 is 0.865 bits per heavy atom. The van der Waals surface area contributed by atoms with Crippen LogP contribution in [0, 0.1) is 0 Å². The Labute approximate surface area is 556 Å². The first kappa shape index (κ1) is 86.8. The van der Waals surface area contributed by atoms with Gasteiger partial charge in [-0.3, -0.25) is 9.59 Å². The predicted molar refractivity (Wildman–Crippen MR) is 393 cm³/mol. The number of rotatable bonds is 76. The van der Waals surface area contributed by atoms with Gasteiger partial charge < -0.3 is 20.3 Å². The molecular formula is C83H157NO5. The number of aliphatic hydroxyl groups excluding tert-OH is 2.